The fraction of sp³-hybridized carbons (Fsp3) is 0.318. The highest BCUT2D eigenvalue weighted by atomic mass is 35.5. The van der Waals surface area contributed by atoms with Crippen molar-refractivity contribution in [3.05, 3.63) is 58.6 Å². The number of nitrogens with zero attached hydrogens (tertiary/aromatic N) is 2. The number of piperazine rings is 1. The van der Waals surface area contributed by atoms with Crippen molar-refractivity contribution in [1.29, 1.82) is 0 Å². The number of anilines is 2. The van der Waals surface area contributed by atoms with Gasteiger partial charge in [0.1, 0.15) is 0 Å². The minimum Gasteiger partial charge on any atom is -0.338 e. The van der Waals surface area contributed by atoms with Gasteiger partial charge in [0.15, 0.2) is 0 Å². The number of hydrogen-bond donors (Lipinski definition) is 3. The lowest BCUT2D eigenvalue weighted by molar-refractivity contribution is -0.131. The molecule has 0 atom stereocenters. The molecule has 0 radical (unpaired) electrons. The SMILES string of the molecule is Cc1cccc(NC(=O)NCC(=O)N2CCN(C(=O)Nc3ccc(C)c(Cl)c3)CC2)c1. The molecule has 1 aliphatic rings. The number of halogens is 1. The minimum atomic E-state index is -0.436. The lowest BCUT2D eigenvalue weighted by Crippen LogP contribution is -2.53. The fourth-order valence-corrected chi connectivity index (χ4v) is 3.38. The van der Waals surface area contributed by atoms with Crippen LogP contribution in [0.25, 0.3) is 0 Å². The molecule has 1 fully saturated rings. The van der Waals surface area contributed by atoms with Crippen LogP contribution in [0.15, 0.2) is 42.5 Å². The minimum absolute atomic E-state index is 0.105. The first-order valence-electron chi connectivity index (χ1n) is 10.0. The van der Waals surface area contributed by atoms with Crippen molar-refractivity contribution in [2.45, 2.75) is 13.8 Å². The molecule has 0 saturated carbocycles. The molecule has 164 valence electrons. The molecule has 1 heterocycles. The number of amides is 5. The fourth-order valence-electron chi connectivity index (χ4n) is 3.20. The molecule has 0 unspecified atom stereocenters. The summed E-state index contributed by atoms with van der Waals surface area (Å²) in [6.07, 6.45) is 0. The zero-order chi connectivity index (χ0) is 22.4. The average molecular weight is 444 g/mol. The van der Waals surface area contributed by atoms with Crippen LogP contribution in [0.5, 0.6) is 0 Å². The van der Waals surface area contributed by atoms with Gasteiger partial charge in [-0.25, -0.2) is 9.59 Å². The molecule has 0 aromatic heterocycles. The van der Waals surface area contributed by atoms with Gasteiger partial charge in [0.25, 0.3) is 0 Å². The molecule has 5 amide bonds. The van der Waals surface area contributed by atoms with Crippen molar-refractivity contribution in [2.75, 3.05) is 43.4 Å². The third-order valence-corrected chi connectivity index (χ3v) is 5.43. The van der Waals surface area contributed by atoms with Gasteiger partial charge in [-0.05, 0) is 49.2 Å². The molecule has 3 N–H and O–H groups in total. The Hall–Kier alpha value is -3.26. The van der Waals surface area contributed by atoms with Crippen molar-refractivity contribution < 1.29 is 14.4 Å². The lowest BCUT2D eigenvalue weighted by atomic mass is 10.2. The van der Waals surface area contributed by atoms with E-state index in [-0.39, 0.29) is 18.5 Å². The van der Waals surface area contributed by atoms with E-state index in [0.717, 1.165) is 11.1 Å². The molecule has 0 spiro atoms. The number of nitrogens with one attached hydrogen (secondary N) is 3. The van der Waals surface area contributed by atoms with Gasteiger partial charge in [-0.1, -0.05) is 29.8 Å². The molecule has 1 aliphatic heterocycles. The Morgan fingerprint density at radius 1 is 0.903 bits per heavy atom. The maximum atomic E-state index is 12.5. The summed E-state index contributed by atoms with van der Waals surface area (Å²) in [5.41, 5.74) is 3.26. The molecule has 1 saturated heterocycles. The van der Waals surface area contributed by atoms with Crippen LogP contribution in [0.4, 0.5) is 21.0 Å². The molecular weight excluding hydrogens is 418 g/mol. The van der Waals surface area contributed by atoms with Crippen molar-refractivity contribution in [3.8, 4) is 0 Å². The summed E-state index contributed by atoms with van der Waals surface area (Å²) in [4.78, 5) is 40.1. The Morgan fingerprint density at radius 3 is 2.26 bits per heavy atom. The Morgan fingerprint density at radius 2 is 1.58 bits per heavy atom. The molecule has 2 aromatic carbocycles. The highest BCUT2D eigenvalue weighted by Gasteiger charge is 2.24. The number of carbonyl (C=O) groups excluding carboxylic acids is 3. The first-order chi connectivity index (χ1) is 14.8. The molecule has 0 bridgehead atoms. The molecule has 2 aromatic rings. The van der Waals surface area contributed by atoms with E-state index in [2.05, 4.69) is 16.0 Å². The van der Waals surface area contributed by atoms with Gasteiger partial charge in [-0.3, -0.25) is 4.79 Å². The smallest absolute Gasteiger partial charge is 0.321 e. The predicted molar refractivity (Wildman–Crippen MR) is 122 cm³/mol. The van der Waals surface area contributed by atoms with Gasteiger partial charge in [0, 0.05) is 42.6 Å². The van der Waals surface area contributed by atoms with E-state index in [1.165, 1.54) is 0 Å². The molecule has 31 heavy (non-hydrogen) atoms. The summed E-state index contributed by atoms with van der Waals surface area (Å²) in [6.45, 7) is 5.35. The molecule has 0 aliphatic carbocycles. The summed E-state index contributed by atoms with van der Waals surface area (Å²) < 4.78 is 0. The third-order valence-electron chi connectivity index (χ3n) is 5.02. The Bertz CT molecular complexity index is 973. The van der Waals surface area contributed by atoms with E-state index >= 15 is 0 Å². The Kier molecular flexibility index (Phi) is 7.36. The number of urea groups is 2. The van der Waals surface area contributed by atoms with Crippen molar-refractivity contribution >= 4 is 40.9 Å². The second kappa shape index (κ2) is 10.2. The van der Waals surface area contributed by atoms with Crippen LogP contribution >= 0.6 is 11.6 Å². The van der Waals surface area contributed by atoms with Crippen LogP contribution in [0.3, 0.4) is 0 Å². The lowest BCUT2D eigenvalue weighted by Gasteiger charge is -2.34. The van der Waals surface area contributed by atoms with E-state index in [4.69, 9.17) is 11.6 Å². The third kappa shape index (κ3) is 6.36. The van der Waals surface area contributed by atoms with Gasteiger partial charge < -0.3 is 25.8 Å². The second-order valence-corrected chi connectivity index (χ2v) is 7.85. The molecular formula is C22H26ClN5O3. The summed E-state index contributed by atoms with van der Waals surface area (Å²) >= 11 is 6.10. The summed E-state index contributed by atoms with van der Waals surface area (Å²) in [5.74, 6) is -0.190. The van der Waals surface area contributed by atoms with Crippen LogP contribution in [-0.2, 0) is 4.79 Å². The van der Waals surface area contributed by atoms with E-state index in [0.29, 0.717) is 42.6 Å². The van der Waals surface area contributed by atoms with Gasteiger partial charge >= 0.3 is 12.1 Å². The number of aryl methyl sites for hydroxylation is 2. The van der Waals surface area contributed by atoms with Crippen molar-refractivity contribution in [2.24, 2.45) is 0 Å². The van der Waals surface area contributed by atoms with Gasteiger partial charge in [0.05, 0.1) is 6.54 Å². The van der Waals surface area contributed by atoms with Crippen LogP contribution in [-0.4, -0.2) is 60.5 Å². The normalized spacial score (nSPS) is 13.5. The molecule has 3 rings (SSSR count). The topological polar surface area (TPSA) is 93.8 Å². The summed E-state index contributed by atoms with van der Waals surface area (Å²) in [7, 11) is 0. The van der Waals surface area contributed by atoms with E-state index in [9.17, 15) is 14.4 Å². The maximum Gasteiger partial charge on any atom is 0.321 e. The van der Waals surface area contributed by atoms with Crippen molar-refractivity contribution in [1.82, 2.24) is 15.1 Å². The van der Waals surface area contributed by atoms with Gasteiger partial charge in [0.2, 0.25) is 5.91 Å². The largest absolute Gasteiger partial charge is 0.338 e. The zero-order valence-electron chi connectivity index (χ0n) is 17.6. The summed E-state index contributed by atoms with van der Waals surface area (Å²) in [6, 6.07) is 12.1. The van der Waals surface area contributed by atoms with Crippen molar-refractivity contribution in [3.63, 3.8) is 0 Å². The Balaban J connectivity index is 1.41. The standard InChI is InChI=1S/C22H26ClN5O3/c1-15-4-3-5-17(12-15)25-21(30)24-14-20(29)27-8-10-28(11-9-27)22(31)26-18-7-6-16(2)19(23)13-18/h3-7,12-13H,8-11,14H2,1-2H3,(H,26,31)(H2,24,25,30). The van der Waals surface area contributed by atoms with Gasteiger partial charge in [-0.15, -0.1) is 0 Å². The van der Waals surface area contributed by atoms with Crippen LogP contribution in [0, 0.1) is 13.8 Å². The Labute approximate surface area is 186 Å². The quantitative estimate of drug-likeness (QED) is 0.675. The van der Waals surface area contributed by atoms with Crippen LogP contribution < -0.4 is 16.0 Å². The van der Waals surface area contributed by atoms with E-state index in [1.807, 2.05) is 38.1 Å². The van der Waals surface area contributed by atoms with Crippen LogP contribution in [0.2, 0.25) is 5.02 Å². The highest BCUT2D eigenvalue weighted by Crippen LogP contribution is 2.20. The predicted octanol–water partition coefficient (Wildman–Crippen LogP) is 3.45. The average Bonchev–Trinajstić information content (AvgIpc) is 2.75. The summed E-state index contributed by atoms with van der Waals surface area (Å²) in [5, 5.41) is 8.69. The zero-order valence-corrected chi connectivity index (χ0v) is 18.3. The number of rotatable bonds is 4. The monoisotopic (exact) mass is 443 g/mol. The van der Waals surface area contributed by atoms with Gasteiger partial charge in [-0.2, -0.15) is 0 Å². The molecule has 8 nitrogen and oxygen atoms in total. The number of carbonyl (C=O) groups is 3. The first kappa shape index (κ1) is 22.4. The maximum absolute atomic E-state index is 12.5. The number of hydrogen-bond acceptors (Lipinski definition) is 3. The molecule has 9 heteroatoms. The van der Waals surface area contributed by atoms with Crippen LogP contribution in [0.1, 0.15) is 11.1 Å². The second-order valence-electron chi connectivity index (χ2n) is 7.44. The number of benzene rings is 2. The van der Waals surface area contributed by atoms with E-state index < -0.39 is 6.03 Å². The van der Waals surface area contributed by atoms with E-state index in [1.54, 1.807) is 28.0 Å². The first-order valence-corrected chi connectivity index (χ1v) is 10.4. The highest BCUT2D eigenvalue weighted by molar-refractivity contribution is 6.31.